The molecular weight excluding hydrogens is 304 g/mol. The van der Waals surface area contributed by atoms with E-state index in [2.05, 4.69) is 22.6 Å². The van der Waals surface area contributed by atoms with Crippen LogP contribution in [0.5, 0.6) is 0 Å². The summed E-state index contributed by atoms with van der Waals surface area (Å²) in [7, 11) is 1.65. The van der Waals surface area contributed by atoms with Crippen molar-refractivity contribution in [3.63, 3.8) is 0 Å². The number of ether oxygens (including phenoxy) is 1. The molecule has 5 nitrogen and oxygen atoms in total. The summed E-state index contributed by atoms with van der Waals surface area (Å²) in [5.74, 6) is 0. The Morgan fingerprint density at radius 1 is 1.00 bits per heavy atom. The van der Waals surface area contributed by atoms with E-state index >= 15 is 0 Å². The van der Waals surface area contributed by atoms with E-state index in [1.807, 2.05) is 36.4 Å². The average molecular weight is 326 g/mol. The van der Waals surface area contributed by atoms with Gasteiger partial charge >= 0.3 is 0 Å². The van der Waals surface area contributed by atoms with Crippen LogP contribution in [-0.2, 0) is 9.57 Å². The Morgan fingerprint density at radius 3 is 2.17 bits per heavy atom. The smallest absolute Gasteiger partial charge is 0.144 e. The Kier molecular flexibility index (Phi) is 5.59. The zero-order valence-corrected chi connectivity index (χ0v) is 13.7. The van der Waals surface area contributed by atoms with Gasteiger partial charge in [-0.25, -0.2) is 0 Å². The highest BCUT2D eigenvalue weighted by atomic mass is 16.6. The molecule has 0 aliphatic heterocycles. The fourth-order valence-electron chi connectivity index (χ4n) is 2.78. The molecule has 0 fully saturated rings. The lowest BCUT2D eigenvalue weighted by Gasteiger charge is -2.10. The van der Waals surface area contributed by atoms with Crippen LogP contribution in [0.15, 0.2) is 53.7 Å². The van der Waals surface area contributed by atoms with Gasteiger partial charge in [0.25, 0.3) is 0 Å². The number of fused-ring (bicyclic) bond motifs is 3. The number of nitrogens with zero attached hydrogens (tertiary/aromatic N) is 1. The van der Waals surface area contributed by atoms with Crippen molar-refractivity contribution in [2.75, 3.05) is 33.4 Å². The Bertz CT molecular complexity index is 668. The first-order valence-electron chi connectivity index (χ1n) is 8.08. The molecule has 3 rings (SSSR count). The zero-order valence-electron chi connectivity index (χ0n) is 13.7. The summed E-state index contributed by atoms with van der Waals surface area (Å²) in [4.78, 5) is 5.42. The molecule has 5 heteroatoms. The minimum Gasteiger partial charge on any atom is -0.392 e. The second-order valence-electron chi connectivity index (χ2n) is 5.68. The fourth-order valence-corrected chi connectivity index (χ4v) is 2.78. The highest BCUT2D eigenvalue weighted by Gasteiger charge is 2.24. The average Bonchev–Trinajstić information content (AvgIpc) is 2.93. The summed E-state index contributed by atoms with van der Waals surface area (Å²) < 4.78 is 4.94. The van der Waals surface area contributed by atoms with E-state index in [1.54, 1.807) is 7.11 Å². The van der Waals surface area contributed by atoms with Crippen LogP contribution in [-0.4, -0.2) is 50.3 Å². The van der Waals surface area contributed by atoms with Gasteiger partial charge in [-0.3, -0.25) is 0 Å². The molecule has 0 saturated carbocycles. The Labute approximate surface area is 141 Å². The number of hydrogen-bond acceptors (Lipinski definition) is 5. The maximum Gasteiger partial charge on any atom is 0.144 e. The molecule has 24 heavy (non-hydrogen) atoms. The van der Waals surface area contributed by atoms with Crippen LogP contribution in [0.25, 0.3) is 11.1 Å². The summed E-state index contributed by atoms with van der Waals surface area (Å²) >= 11 is 0. The van der Waals surface area contributed by atoms with E-state index in [0.29, 0.717) is 19.7 Å². The number of benzene rings is 2. The number of hydrogen-bond donors (Lipinski definition) is 2. The Hall–Kier alpha value is -2.21. The lowest BCUT2D eigenvalue weighted by Crippen LogP contribution is -2.32. The van der Waals surface area contributed by atoms with Crippen molar-refractivity contribution in [2.45, 2.75) is 6.10 Å². The van der Waals surface area contributed by atoms with Crippen LogP contribution >= 0.6 is 0 Å². The quantitative estimate of drug-likeness (QED) is 0.491. The van der Waals surface area contributed by atoms with Gasteiger partial charge in [-0.2, -0.15) is 0 Å². The largest absolute Gasteiger partial charge is 0.392 e. The van der Waals surface area contributed by atoms with E-state index in [9.17, 15) is 5.11 Å². The molecule has 2 N–H and O–H groups in total. The summed E-state index contributed by atoms with van der Waals surface area (Å²) in [5, 5.41) is 17.3. The van der Waals surface area contributed by atoms with Crippen molar-refractivity contribution in [1.82, 2.24) is 5.32 Å². The van der Waals surface area contributed by atoms with Crippen LogP contribution in [0.3, 0.4) is 0 Å². The van der Waals surface area contributed by atoms with Crippen molar-refractivity contribution in [3.05, 3.63) is 59.7 Å². The van der Waals surface area contributed by atoms with Gasteiger partial charge in [0.15, 0.2) is 0 Å². The number of oxime groups is 1. The summed E-state index contributed by atoms with van der Waals surface area (Å²) in [6, 6.07) is 16.3. The normalized spacial score (nSPS) is 13.3. The summed E-state index contributed by atoms with van der Waals surface area (Å²) in [6.07, 6.45) is -0.613. The molecule has 0 aromatic heterocycles. The molecule has 2 aromatic carbocycles. The monoisotopic (exact) mass is 326 g/mol. The molecule has 0 radical (unpaired) electrons. The molecule has 1 aliphatic carbocycles. The van der Waals surface area contributed by atoms with Gasteiger partial charge in [-0.1, -0.05) is 53.7 Å². The SMILES string of the molecule is COCCNC[C@H](O)CON=C1c2ccccc2-c2ccccc21. The third-order valence-corrected chi connectivity index (χ3v) is 3.94. The van der Waals surface area contributed by atoms with Crippen molar-refractivity contribution in [1.29, 1.82) is 0 Å². The molecule has 126 valence electrons. The molecule has 2 aromatic rings. The maximum absolute atomic E-state index is 9.92. The molecule has 0 heterocycles. The third-order valence-electron chi connectivity index (χ3n) is 3.94. The first-order chi connectivity index (χ1) is 11.8. The minimum atomic E-state index is -0.613. The van der Waals surface area contributed by atoms with Crippen LogP contribution in [0, 0.1) is 0 Å². The third kappa shape index (κ3) is 3.64. The Morgan fingerprint density at radius 2 is 1.58 bits per heavy atom. The second-order valence-corrected chi connectivity index (χ2v) is 5.68. The van der Waals surface area contributed by atoms with Crippen LogP contribution in [0.2, 0.25) is 0 Å². The molecule has 0 amide bonds. The number of methoxy groups -OCH3 is 1. The van der Waals surface area contributed by atoms with Crippen molar-refractivity contribution in [3.8, 4) is 11.1 Å². The highest BCUT2D eigenvalue weighted by Crippen LogP contribution is 2.36. The lowest BCUT2D eigenvalue weighted by molar-refractivity contribution is 0.0397. The molecule has 1 aliphatic rings. The first-order valence-corrected chi connectivity index (χ1v) is 8.08. The molecular formula is C19H22N2O3. The van der Waals surface area contributed by atoms with Gasteiger partial charge in [-0.05, 0) is 11.1 Å². The number of aliphatic hydroxyl groups excluding tert-OH is 1. The van der Waals surface area contributed by atoms with Crippen LogP contribution in [0.1, 0.15) is 11.1 Å². The second kappa shape index (κ2) is 8.06. The van der Waals surface area contributed by atoms with Crippen molar-refractivity contribution >= 4 is 5.71 Å². The van der Waals surface area contributed by atoms with E-state index in [-0.39, 0.29) is 6.61 Å². The predicted molar refractivity (Wildman–Crippen MR) is 94.2 cm³/mol. The number of nitrogens with one attached hydrogen (secondary N) is 1. The number of rotatable bonds is 8. The van der Waals surface area contributed by atoms with E-state index in [0.717, 1.165) is 28.0 Å². The van der Waals surface area contributed by atoms with Gasteiger partial charge in [-0.15, -0.1) is 0 Å². The Balaban J connectivity index is 1.65. The maximum atomic E-state index is 9.92. The van der Waals surface area contributed by atoms with Gasteiger partial charge in [0, 0.05) is 31.3 Å². The first kappa shape index (κ1) is 16.6. The topological polar surface area (TPSA) is 63.1 Å². The van der Waals surface area contributed by atoms with Crippen molar-refractivity contribution < 1.29 is 14.7 Å². The lowest BCUT2D eigenvalue weighted by atomic mass is 10.1. The van der Waals surface area contributed by atoms with Gasteiger partial charge in [0.1, 0.15) is 18.4 Å². The van der Waals surface area contributed by atoms with Crippen molar-refractivity contribution in [2.24, 2.45) is 5.16 Å². The van der Waals surface area contributed by atoms with Crippen LogP contribution < -0.4 is 5.32 Å². The van der Waals surface area contributed by atoms with E-state index in [4.69, 9.17) is 9.57 Å². The summed E-state index contributed by atoms with van der Waals surface area (Å²) in [5.41, 5.74) is 5.27. The predicted octanol–water partition coefficient (Wildman–Crippen LogP) is 2.03. The molecule has 0 saturated heterocycles. The van der Waals surface area contributed by atoms with E-state index in [1.165, 1.54) is 0 Å². The van der Waals surface area contributed by atoms with Gasteiger partial charge in [0.2, 0.25) is 0 Å². The molecule has 0 bridgehead atoms. The number of aliphatic hydroxyl groups is 1. The minimum absolute atomic E-state index is 0.147. The molecule has 1 atom stereocenters. The van der Waals surface area contributed by atoms with Gasteiger partial charge in [0.05, 0.1) is 6.61 Å². The highest BCUT2D eigenvalue weighted by molar-refractivity contribution is 6.24. The van der Waals surface area contributed by atoms with E-state index < -0.39 is 6.10 Å². The summed E-state index contributed by atoms with van der Waals surface area (Å²) in [6.45, 7) is 1.90. The standard InChI is InChI=1S/C19H22N2O3/c1-23-11-10-20-12-14(22)13-24-21-19-17-8-4-2-6-15(17)16-7-3-5-9-18(16)19/h2-9,14,20,22H,10-13H2,1H3/t14-/m0/s1. The molecule has 0 unspecified atom stereocenters. The zero-order chi connectivity index (χ0) is 16.8. The molecule has 0 spiro atoms. The van der Waals surface area contributed by atoms with Crippen LogP contribution in [0.4, 0.5) is 0 Å². The fraction of sp³-hybridized carbons (Fsp3) is 0.316. The van der Waals surface area contributed by atoms with Gasteiger partial charge < -0.3 is 20.0 Å².